The van der Waals surface area contributed by atoms with Gasteiger partial charge in [-0.2, -0.15) is 0 Å². The van der Waals surface area contributed by atoms with Crippen LogP contribution in [0.2, 0.25) is 0 Å². The summed E-state index contributed by atoms with van der Waals surface area (Å²) in [6, 6.07) is 9.31. The largest absolute Gasteiger partial charge is 0.469 e. The molecule has 0 saturated carbocycles. The van der Waals surface area contributed by atoms with E-state index in [4.69, 9.17) is 10.5 Å². The number of primary amides is 1. The number of hydrogen-bond donors (Lipinski definition) is 2. The number of benzene rings is 1. The van der Waals surface area contributed by atoms with Crippen LogP contribution in [0.1, 0.15) is 24.8 Å². The standard InChI is InChI=1S/C14H20N2O3/c1-10(8-13(15)17)16-9-12(14(18)19-2)11-6-4-3-5-7-11/h3-7,10,12,16H,8-9H2,1-2H3,(H2,15,17). The summed E-state index contributed by atoms with van der Waals surface area (Å²) in [7, 11) is 1.37. The molecule has 1 aromatic rings. The zero-order valence-electron chi connectivity index (χ0n) is 11.3. The van der Waals surface area contributed by atoms with Gasteiger partial charge in [0, 0.05) is 19.0 Å². The maximum atomic E-state index is 11.8. The molecule has 104 valence electrons. The predicted molar refractivity (Wildman–Crippen MR) is 72.5 cm³/mol. The van der Waals surface area contributed by atoms with Crippen molar-refractivity contribution in [3.63, 3.8) is 0 Å². The molecule has 0 fully saturated rings. The number of carbonyl (C=O) groups is 2. The Bertz CT molecular complexity index is 420. The van der Waals surface area contributed by atoms with E-state index in [9.17, 15) is 9.59 Å². The van der Waals surface area contributed by atoms with Crippen LogP contribution in [-0.2, 0) is 14.3 Å². The van der Waals surface area contributed by atoms with Crippen LogP contribution in [0.4, 0.5) is 0 Å². The van der Waals surface area contributed by atoms with Gasteiger partial charge in [0.05, 0.1) is 13.0 Å². The first-order valence-corrected chi connectivity index (χ1v) is 6.19. The lowest BCUT2D eigenvalue weighted by Gasteiger charge is -2.18. The van der Waals surface area contributed by atoms with Gasteiger partial charge in [-0.1, -0.05) is 30.3 Å². The highest BCUT2D eigenvalue weighted by Crippen LogP contribution is 2.16. The van der Waals surface area contributed by atoms with E-state index in [-0.39, 0.29) is 30.3 Å². The Morgan fingerprint density at radius 3 is 2.47 bits per heavy atom. The first-order valence-electron chi connectivity index (χ1n) is 6.19. The molecule has 0 heterocycles. The van der Waals surface area contributed by atoms with Crippen LogP contribution in [0.25, 0.3) is 0 Å². The summed E-state index contributed by atoms with van der Waals surface area (Å²) in [4.78, 5) is 22.6. The Morgan fingerprint density at radius 2 is 1.95 bits per heavy atom. The molecule has 0 saturated heterocycles. The second-order valence-electron chi connectivity index (χ2n) is 4.47. The average Bonchev–Trinajstić information content (AvgIpc) is 2.39. The van der Waals surface area contributed by atoms with Gasteiger partial charge in [-0.25, -0.2) is 0 Å². The molecule has 0 spiro atoms. The summed E-state index contributed by atoms with van der Waals surface area (Å²) in [6.45, 7) is 2.26. The highest BCUT2D eigenvalue weighted by atomic mass is 16.5. The van der Waals surface area contributed by atoms with E-state index in [0.717, 1.165) is 5.56 Å². The smallest absolute Gasteiger partial charge is 0.314 e. The van der Waals surface area contributed by atoms with Crippen molar-refractivity contribution < 1.29 is 14.3 Å². The Balaban J connectivity index is 2.66. The van der Waals surface area contributed by atoms with Crippen LogP contribution in [-0.4, -0.2) is 31.6 Å². The number of ether oxygens (including phenoxy) is 1. The van der Waals surface area contributed by atoms with Crippen LogP contribution in [0.5, 0.6) is 0 Å². The van der Waals surface area contributed by atoms with Crippen molar-refractivity contribution in [3.8, 4) is 0 Å². The molecule has 5 nitrogen and oxygen atoms in total. The van der Waals surface area contributed by atoms with Gasteiger partial charge >= 0.3 is 5.97 Å². The Hall–Kier alpha value is -1.88. The van der Waals surface area contributed by atoms with Crippen LogP contribution in [0.3, 0.4) is 0 Å². The first kappa shape index (κ1) is 15.2. The van der Waals surface area contributed by atoms with E-state index < -0.39 is 0 Å². The molecule has 5 heteroatoms. The lowest BCUT2D eigenvalue weighted by molar-refractivity contribution is -0.142. The van der Waals surface area contributed by atoms with Crippen LogP contribution in [0.15, 0.2) is 30.3 Å². The molecule has 1 amide bonds. The minimum atomic E-state index is -0.387. The zero-order valence-corrected chi connectivity index (χ0v) is 11.3. The minimum absolute atomic E-state index is 0.0756. The molecule has 0 aliphatic rings. The minimum Gasteiger partial charge on any atom is -0.469 e. The Kier molecular flexibility index (Phi) is 6.02. The SMILES string of the molecule is COC(=O)C(CNC(C)CC(N)=O)c1ccccc1. The Morgan fingerprint density at radius 1 is 1.32 bits per heavy atom. The number of hydrogen-bond acceptors (Lipinski definition) is 4. The molecular formula is C14H20N2O3. The van der Waals surface area contributed by atoms with Crippen molar-refractivity contribution in [1.82, 2.24) is 5.32 Å². The molecule has 1 aromatic carbocycles. The summed E-state index contributed by atoms with van der Waals surface area (Å²) < 4.78 is 4.81. The van der Waals surface area contributed by atoms with Crippen molar-refractivity contribution in [2.75, 3.05) is 13.7 Å². The molecule has 0 aromatic heterocycles. The summed E-state index contributed by atoms with van der Waals surface area (Å²) in [5, 5.41) is 3.13. The van der Waals surface area contributed by atoms with Gasteiger partial charge in [-0.15, -0.1) is 0 Å². The third-order valence-corrected chi connectivity index (χ3v) is 2.87. The summed E-state index contributed by atoms with van der Waals surface area (Å²) >= 11 is 0. The summed E-state index contributed by atoms with van der Waals surface area (Å²) in [5.41, 5.74) is 6.01. The number of methoxy groups -OCH3 is 1. The second kappa shape index (κ2) is 7.53. The van der Waals surface area contributed by atoms with Gasteiger partial charge in [0.25, 0.3) is 0 Å². The van der Waals surface area contributed by atoms with Gasteiger partial charge in [-0.05, 0) is 12.5 Å². The maximum Gasteiger partial charge on any atom is 0.314 e. The van der Waals surface area contributed by atoms with E-state index in [0.29, 0.717) is 6.54 Å². The lowest BCUT2D eigenvalue weighted by Crippen LogP contribution is -2.36. The highest BCUT2D eigenvalue weighted by molar-refractivity contribution is 5.78. The fourth-order valence-electron chi connectivity index (χ4n) is 1.86. The van der Waals surface area contributed by atoms with E-state index in [1.54, 1.807) is 0 Å². The van der Waals surface area contributed by atoms with Crippen molar-refractivity contribution in [1.29, 1.82) is 0 Å². The molecule has 0 radical (unpaired) electrons. The monoisotopic (exact) mass is 264 g/mol. The molecule has 0 bridgehead atoms. The molecule has 0 aliphatic carbocycles. The van der Waals surface area contributed by atoms with Crippen molar-refractivity contribution in [2.45, 2.75) is 25.3 Å². The second-order valence-corrected chi connectivity index (χ2v) is 4.47. The van der Waals surface area contributed by atoms with Crippen LogP contribution < -0.4 is 11.1 Å². The number of nitrogens with two attached hydrogens (primary N) is 1. The number of amides is 1. The third-order valence-electron chi connectivity index (χ3n) is 2.87. The molecule has 19 heavy (non-hydrogen) atoms. The number of esters is 1. The van der Waals surface area contributed by atoms with E-state index in [1.807, 2.05) is 37.3 Å². The summed E-state index contributed by atoms with van der Waals surface area (Å²) in [5.74, 6) is -1.05. The van der Waals surface area contributed by atoms with E-state index in [2.05, 4.69) is 5.32 Å². The highest BCUT2D eigenvalue weighted by Gasteiger charge is 2.21. The molecule has 1 rings (SSSR count). The quantitative estimate of drug-likeness (QED) is 0.714. The van der Waals surface area contributed by atoms with Crippen molar-refractivity contribution in [3.05, 3.63) is 35.9 Å². The van der Waals surface area contributed by atoms with Gasteiger partial charge < -0.3 is 15.8 Å². The zero-order chi connectivity index (χ0) is 14.3. The molecule has 3 N–H and O–H groups in total. The first-order chi connectivity index (χ1) is 9.04. The fourth-order valence-corrected chi connectivity index (χ4v) is 1.86. The number of rotatable bonds is 7. The predicted octanol–water partition coefficient (Wildman–Crippen LogP) is 0.797. The van der Waals surface area contributed by atoms with Crippen molar-refractivity contribution in [2.24, 2.45) is 5.73 Å². The topological polar surface area (TPSA) is 81.4 Å². The Labute approximate surface area is 113 Å². The molecule has 0 aliphatic heterocycles. The molecule has 2 unspecified atom stereocenters. The fraction of sp³-hybridized carbons (Fsp3) is 0.429. The van der Waals surface area contributed by atoms with Crippen LogP contribution in [0, 0.1) is 0 Å². The van der Waals surface area contributed by atoms with Gasteiger partial charge in [0.2, 0.25) is 5.91 Å². The summed E-state index contributed by atoms with van der Waals surface area (Å²) in [6.07, 6.45) is 0.239. The third kappa shape index (κ3) is 5.09. The number of nitrogens with one attached hydrogen (secondary N) is 1. The van der Waals surface area contributed by atoms with E-state index >= 15 is 0 Å². The van der Waals surface area contributed by atoms with Gasteiger partial charge in [0.15, 0.2) is 0 Å². The number of carbonyl (C=O) groups excluding carboxylic acids is 2. The van der Waals surface area contributed by atoms with Gasteiger partial charge in [0.1, 0.15) is 0 Å². The van der Waals surface area contributed by atoms with Crippen LogP contribution >= 0.6 is 0 Å². The normalized spacial score (nSPS) is 13.6. The molecule has 2 atom stereocenters. The van der Waals surface area contributed by atoms with E-state index in [1.165, 1.54) is 7.11 Å². The lowest BCUT2D eigenvalue weighted by atomic mass is 9.99. The van der Waals surface area contributed by atoms with Crippen molar-refractivity contribution >= 4 is 11.9 Å². The average molecular weight is 264 g/mol. The van der Waals surface area contributed by atoms with Gasteiger partial charge in [-0.3, -0.25) is 9.59 Å². The molecular weight excluding hydrogens is 244 g/mol. The maximum absolute atomic E-state index is 11.8.